The lowest BCUT2D eigenvalue weighted by molar-refractivity contribution is -0.119. The SMILES string of the molecule is O=CN1CCN(C(=O)c2cncc(C(=O)NCCc3ccc(F)cc3)c2)CC1. The lowest BCUT2D eigenvalue weighted by Crippen LogP contribution is -2.48. The van der Waals surface area contributed by atoms with Gasteiger partial charge in [0.15, 0.2) is 0 Å². The molecule has 0 radical (unpaired) electrons. The maximum Gasteiger partial charge on any atom is 0.255 e. The van der Waals surface area contributed by atoms with Gasteiger partial charge in [-0.1, -0.05) is 12.1 Å². The van der Waals surface area contributed by atoms with E-state index in [4.69, 9.17) is 0 Å². The summed E-state index contributed by atoms with van der Waals surface area (Å²) < 4.78 is 12.9. The van der Waals surface area contributed by atoms with Gasteiger partial charge in [-0.2, -0.15) is 0 Å². The number of hydrogen-bond acceptors (Lipinski definition) is 4. The zero-order valence-electron chi connectivity index (χ0n) is 15.3. The normalized spacial score (nSPS) is 13.9. The number of nitrogens with one attached hydrogen (secondary N) is 1. The van der Waals surface area contributed by atoms with Gasteiger partial charge in [0.05, 0.1) is 11.1 Å². The van der Waals surface area contributed by atoms with Crippen LogP contribution in [0, 0.1) is 5.82 Å². The maximum absolute atomic E-state index is 12.9. The molecule has 1 aromatic heterocycles. The Morgan fingerprint density at radius 3 is 2.43 bits per heavy atom. The molecule has 0 bridgehead atoms. The summed E-state index contributed by atoms with van der Waals surface area (Å²) in [5.74, 6) is -0.832. The number of piperazine rings is 1. The second kappa shape index (κ2) is 9.07. The topological polar surface area (TPSA) is 82.6 Å². The zero-order chi connectivity index (χ0) is 19.9. The highest BCUT2D eigenvalue weighted by molar-refractivity contribution is 5.99. The maximum atomic E-state index is 12.9. The molecule has 7 nitrogen and oxygen atoms in total. The Balaban J connectivity index is 1.56. The summed E-state index contributed by atoms with van der Waals surface area (Å²) in [7, 11) is 0. The highest BCUT2D eigenvalue weighted by atomic mass is 19.1. The zero-order valence-corrected chi connectivity index (χ0v) is 15.3. The molecule has 0 aliphatic carbocycles. The summed E-state index contributed by atoms with van der Waals surface area (Å²) in [6, 6.07) is 7.63. The van der Waals surface area contributed by atoms with Gasteiger partial charge in [-0.25, -0.2) is 4.39 Å². The summed E-state index contributed by atoms with van der Waals surface area (Å²) in [5.41, 5.74) is 1.56. The molecule has 1 fully saturated rings. The van der Waals surface area contributed by atoms with Crippen molar-refractivity contribution in [3.8, 4) is 0 Å². The molecule has 1 aliphatic rings. The number of rotatable bonds is 6. The van der Waals surface area contributed by atoms with Gasteiger partial charge in [-0.15, -0.1) is 0 Å². The molecule has 1 saturated heterocycles. The van der Waals surface area contributed by atoms with E-state index in [1.165, 1.54) is 30.6 Å². The number of amides is 3. The molecular weight excluding hydrogens is 363 g/mol. The van der Waals surface area contributed by atoms with Crippen molar-refractivity contribution in [2.75, 3.05) is 32.7 Å². The molecule has 1 aliphatic heterocycles. The van der Waals surface area contributed by atoms with E-state index in [0.717, 1.165) is 12.0 Å². The average molecular weight is 384 g/mol. The second-order valence-corrected chi connectivity index (χ2v) is 6.53. The molecule has 8 heteroatoms. The summed E-state index contributed by atoms with van der Waals surface area (Å²) in [5, 5.41) is 2.78. The number of aromatic nitrogens is 1. The van der Waals surface area contributed by atoms with Crippen LogP contribution in [0.5, 0.6) is 0 Å². The van der Waals surface area contributed by atoms with Crippen LogP contribution in [0.15, 0.2) is 42.7 Å². The number of nitrogens with zero attached hydrogens (tertiary/aromatic N) is 3. The minimum atomic E-state index is -0.324. The summed E-state index contributed by atoms with van der Waals surface area (Å²) in [4.78, 5) is 43.0. The predicted molar refractivity (Wildman–Crippen MR) is 100 cm³/mol. The van der Waals surface area contributed by atoms with Gasteiger partial charge in [0.2, 0.25) is 6.41 Å². The first kappa shape index (κ1) is 19.5. The van der Waals surface area contributed by atoms with Crippen molar-refractivity contribution in [2.45, 2.75) is 6.42 Å². The van der Waals surface area contributed by atoms with E-state index in [9.17, 15) is 18.8 Å². The molecule has 1 aromatic carbocycles. The molecule has 0 saturated carbocycles. The van der Waals surface area contributed by atoms with Crippen molar-refractivity contribution in [1.82, 2.24) is 20.1 Å². The van der Waals surface area contributed by atoms with Crippen LogP contribution in [0.1, 0.15) is 26.3 Å². The number of carbonyl (C=O) groups excluding carboxylic acids is 3. The van der Waals surface area contributed by atoms with Gasteiger partial charge >= 0.3 is 0 Å². The lowest BCUT2D eigenvalue weighted by atomic mass is 10.1. The Labute approximate surface area is 162 Å². The minimum Gasteiger partial charge on any atom is -0.352 e. The second-order valence-electron chi connectivity index (χ2n) is 6.53. The molecule has 28 heavy (non-hydrogen) atoms. The van der Waals surface area contributed by atoms with Gasteiger partial charge in [0, 0.05) is 45.1 Å². The van der Waals surface area contributed by atoms with Crippen molar-refractivity contribution in [3.63, 3.8) is 0 Å². The van der Waals surface area contributed by atoms with Crippen LogP contribution in [0.3, 0.4) is 0 Å². The molecule has 2 aromatic rings. The molecule has 3 rings (SSSR count). The Bertz CT molecular complexity index is 849. The summed E-state index contributed by atoms with van der Waals surface area (Å²) >= 11 is 0. The van der Waals surface area contributed by atoms with Crippen molar-refractivity contribution >= 4 is 18.2 Å². The van der Waals surface area contributed by atoms with Crippen LogP contribution in [-0.2, 0) is 11.2 Å². The van der Waals surface area contributed by atoms with Crippen molar-refractivity contribution in [1.29, 1.82) is 0 Å². The third-order valence-corrected chi connectivity index (χ3v) is 4.61. The van der Waals surface area contributed by atoms with Crippen LogP contribution >= 0.6 is 0 Å². The number of carbonyl (C=O) groups is 3. The first-order valence-corrected chi connectivity index (χ1v) is 9.03. The van der Waals surface area contributed by atoms with Crippen LogP contribution in [0.25, 0.3) is 0 Å². The van der Waals surface area contributed by atoms with E-state index in [-0.39, 0.29) is 17.6 Å². The van der Waals surface area contributed by atoms with Crippen molar-refractivity contribution in [3.05, 3.63) is 65.2 Å². The van der Waals surface area contributed by atoms with E-state index in [1.54, 1.807) is 21.9 Å². The minimum absolute atomic E-state index is 0.209. The number of hydrogen-bond donors (Lipinski definition) is 1. The monoisotopic (exact) mass is 384 g/mol. The number of pyridine rings is 1. The van der Waals surface area contributed by atoms with E-state index in [0.29, 0.717) is 50.3 Å². The fraction of sp³-hybridized carbons (Fsp3) is 0.300. The molecule has 0 unspecified atom stereocenters. The van der Waals surface area contributed by atoms with Gasteiger partial charge in [0.25, 0.3) is 11.8 Å². The first-order valence-electron chi connectivity index (χ1n) is 9.03. The van der Waals surface area contributed by atoms with E-state index in [1.807, 2.05) is 0 Å². The van der Waals surface area contributed by atoms with E-state index in [2.05, 4.69) is 10.3 Å². The van der Waals surface area contributed by atoms with Crippen LogP contribution in [0.2, 0.25) is 0 Å². The lowest BCUT2D eigenvalue weighted by Gasteiger charge is -2.32. The Kier molecular flexibility index (Phi) is 6.31. The first-order chi connectivity index (χ1) is 13.6. The molecule has 2 heterocycles. The third kappa shape index (κ3) is 4.91. The largest absolute Gasteiger partial charge is 0.352 e. The van der Waals surface area contributed by atoms with Crippen LogP contribution in [0.4, 0.5) is 4.39 Å². The number of halogens is 1. The predicted octanol–water partition coefficient (Wildman–Crippen LogP) is 1.11. The quantitative estimate of drug-likeness (QED) is 0.757. The Morgan fingerprint density at radius 1 is 1.07 bits per heavy atom. The van der Waals surface area contributed by atoms with Crippen molar-refractivity contribution < 1.29 is 18.8 Å². The molecule has 0 spiro atoms. The van der Waals surface area contributed by atoms with Gasteiger partial charge in [-0.3, -0.25) is 19.4 Å². The standard InChI is InChI=1S/C20H21FN4O3/c21-18-3-1-15(2-4-18)5-6-23-19(27)16-11-17(13-22-12-16)20(28)25-9-7-24(14-26)8-10-25/h1-4,11-14H,5-10H2,(H,23,27). The molecule has 0 atom stereocenters. The van der Waals surface area contributed by atoms with Gasteiger partial charge in [-0.05, 0) is 30.2 Å². The highest BCUT2D eigenvalue weighted by Gasteiger charge is 2.22. The highest BCUT2D eigenvalue weighted by Crippen LogP contribution is 2.10. The van der Waals surface area contributed by atoms with Crippen molar-refractivity contribution in [2.24, 2.45) is 0 Å². The Morgan fingerprint density at radius 2 is 1.75 bits per heavy atom. The van der Waals surface area contributed by atoms with Gasteiger partial charge in [0.1, 0.15) is 5.82 Å². The Hall–Kier alpha value is -3.29. The van der Waals surface area contributed by atoms with Crippen LogP contribution in [-0.4, -0.2) is 65.7 Å². The molecular formula is C20H21FN4O3. The van der Waals surface area contributed by atoms with E-state index >= 15 is 0 Å². The summed E-state index contributed by atoms with van der Waals surface area (Å²) in [6.07, 6.45) is 4.19. The summed E-state index contributed by atoms with van der Waals surface area (Å²) in [6.45, 7) is 2.27. The fourth-order valence-electron chi connectivity index (χ4n) is 2.97. The van der Waals surface area contributed by atoms with Gasteiger partial charge < -0.3 is 15.1 Å². The smallest absolute Gasteiger partial charge is 0.255 e. The molecule has 3 amide bonds. The molecule has 146 valence electrons. The fourth-order valence-corrected chi connectivity index (χ4v) is 2.97. The molecule has 1 N–H and O–H groups in total. The van der Waals surface area contributed by atoms with Crippen LogP contribution < -0.4 is 5.32 Å². The van der Waals surface area contributed by atoms with E-state index < -0.39 is 0 Å². The third-order valence-electron chi connectivity index (χ3n) is 4.61. The number of benzene rings is 1. The average Bonchev–Trinajstić information content (AvgIpc) is 2.74.